The average molecular weight is 126 g/mol. The summed E-state index contributed by atoms with van der Waals surface area (Å²) in [5, 5.41) is 2.45. The number of rotatable bonds is 0. The van der Waals surface area contributed by atoms with E-state index in [0.29, 0.717) is 0 Å². The normalized spacial score (nSPS) is 10.0. The lowest BCUT2D eigenvalue weighted by Gasteiger charge is -2.05. The van der Waals surface area contributed by atoms with E-state index in [1.165, 1.54) is 10.8 Å². The maximum absolute atomic E-state index is 3.02. The van der Waals surface area contributed by atoms with Crippen molar-refractivity contribution >= 4 is 10.8 Å². The molecule has 10 heavy (non-hydrogen) atoms. The van der Waals surface area contributed by atoms with Crippen molar-refractivity contribution in [3.8, 4) is 0 Å². The largest absolute Gasteiger partial charge is 0.185 e. The number of hydrogen-bond acceptors (Lipinski definition) is 0. The zero-order chi connectivity index (χ0) is 6.81. The van der Waals surface area contributed by atoms with Gasteiger partial charge in [0.25, 0.3) is 0 Å². The lowest BCUT2D eigenvalue weighted by atomic mass is 10.1. The first-order valence-corrected chi connectivity index (χ1v) is 3.23. The van der Waals surface area contributed by atoms with E-state index in [1.54, 1.807) is 0 Å². The fourth-order valence-corrected chi connectivity index (χ4v) is 1.01. The molecule has 0 fully saturated rings. The molecule has 0 saturated carbocycles. The molecule has 0 aliphatic carbocycles. The SMILES string of the molecule is [c-]1ccc2cc[c-]cc2c1. The van der Waals surface area contributed by atoms with Crippen LogP contribution in [0.5, 0.6) is 0 Å². The summed E-state index contributed by atoms with van der Waals surface area (Å²) < 4.78 is 0. The van der Waals surface area contributed by atoms with Crippen molar-refractivity contribution < 1.29 is 0 Å². The molecule has 0 nitrogen and oxygen atoms in total. The molecule has 0 N–H and O–H groups in total. The topological polar surface area (TPSA) is 0 Å². The molecular formula is C10H6-2. The van der Waals surface area contributed by atoms with Crippen molar-refractivity contribution in [2.45, 2.75) is 0 Å². The first-order valence-electron chi connectivity index (χ1n) is 3.23. The third-order valence-electron chi connectivity index (χ3n) is 1.53. The second-order valence-electron chi connectivity index (χ2n) is 2.20. The van der Waals surface area contributed by atoms with Gasteiger partial charge in [0.15, 0.2) is 0 Å². The van der Waals surface area contributed by atoms with E-state index in [1.807, 2.05) is 36.4 Å². The van der Waals surface area contributed by atoms with E-state index < -0.39 is 0 Å². The quantitative estimate of drug-likeness (QED) is 0.475. The summed E-state index contributed by atoms with van der Waals surface area (Å²) in [5.74, 6) is 0. The van der Waals surface area contributed by atoms with Crippen molar-refractivity contribution in [1.29, 1.82) is 0 Å². The van der Waals surface area contributed by atoms with Crippen molar-refractivity contribution in [2.75, 3.05) is 0 Å². The maximum Gasteiger partial charge on any atom is -0.152 e. The van der Waals surface area contributed by atoms with Gasteiger partial charge in [-0.1, -0.05) is 0 Å². The predicted molar refractivity (Wildman–Crippen MR) is 41.6 cm³/mol. The van der Waals surface area contributed by atoms with Crippen LogP contribution in [0.2, 0.25) is 0 Å². The summed E-state index contributed by atoms with van der Waals surface area (Å²) in [6.07, 6.45) is 0. The molecule has 0 aliphatic heterocycles. The minimum atomic E-state index is 1.20. The highest BCUT2D eigenvalue weighted by Crippen LogP contribution is 2.10. The van der Waals surface area contributed by atoms with Gasteiger partial charge in [-0.2, -0.15) is 59.3 Å². The van der Waals surface area contributed by atoms with Crippen LogP contribution in [-0.4, -0.2) is 0 Å². The van der Waals surface area contributed by atoms with E-state index in [0.717, 1.165) is 0 Å². The first kappa shape index (κ1) is 5.48. The molecule has 0 heteroatoms. The van der Waals surface area contributed by atoms with Gasteiger partial charge in [-0.15, -0.1) is 0 Å². The van der Waals surface area contributed by atoms with Crippen molar-refractivity contribution in [1.82, 2.24) is 0 Å². The van der Waals surface area contributed by atoms with E-state index in [-0.39, 0.29) is 0 Å². The summed E-state index contributed by atoms with van der Waals surface area (Å²) in [6, 6.07) is 17.9. The molecule has 0 aromatic heterocycles. The highest BCUT2D eigenvalue weighted by atomic mass is 13.9. The van der Waals surface area contributed by atoms with Gasteiger partial charge in [-0.3, -0.25) is 0 Å². The van der Waals surface area contributed by atoms with Crippen LogP contribution >= 0.6 is 0 Å². The summed E-state index contributed by atoms with van der Waals surface area (Å²) in [5.41, 5.74) is 0. The standard InChI is InChI=1S/C10H6/c1-2-6-10-8-4-3-7-9(10)5-1/h1,3,5-8H/q-2. The van der Waals surface area contributed by atoms with Crippen LogP contribution < -0.4 is 0 Å². The molecule has 0 amide bonds. The second-order valence-corrected chi connectivity index (χ2v) is 2.20. The summed E-state index contributed by atoms with van der Waals surface area (Å²) in [4.78, 5) is 0. The Morgan fingerprint density at radius 2 is 1.40 bits per heavy atom. The van der Waals surface area contributed by atoms with Gasteiger partial charge in [0.2, 0.25) is 0 Å². The van der Waals surface area contributed by atoms with Crippen LogP contribution in [0.1, 0.15) is 0 Å². The smallest absolute Gasteiger partial charge is 0.152 e. The van der Waals surface area contributed by atoms with E-state index in [4.69, 9.17) is 0 Å². The van der Waals surface area contributed by atoms with E-state index >= 15 is 0 Å². The fourth-order valence-electron chi connectivity index (χ4n) is 1.01. The minimum Gasteiger partial charge on any atom is -0.185 e. The van der Waals surface area contributed by atoms with Crippen LogP contribution in [0.25, 0.3) is 10.8 Å². The van der Waals surface area contributed by atoms with Gasteiger partial charge in [0, 0.05) is 0 Å². The molecule has 0 spiro atoms. The highest BCUT2D eigenvalue weighted by Gasteiger charge is 1.71. The third-order valence-corrected chi connectivity index (χ3v) is 1.53. The Labute approximate surface area is 60.1 Å². The van der Waals surface area contributed by atoms with Gasteiger partial charge < -0.3 is 0 Å². The fraction of sp³-hybridized carbons (Fsp3) is 0. The Hall–Kier alpha value is -1.30. The molecule has 0 atom stereocenters. The van der Waals surface area contributed by atoms with Crippen LogP contribution in [-0.2, 0) is 0 Å². The lowest BCUT2D eigenvalue weighted by Crippen LogP contribution is -1.68. The molecule has 0 heterocycles. The number of benzene rings is 2. The zero-order valence-electron chi connectivity index (χ0n) is 5.46. The maximum atomic E-state index is 3.02. The van der Waals surface area contributed by atoms with Gasteiger partial charge in [0.05, 0.1) is 0 Å². The number of hydrogen-bond donors (Lipinski definition) is 0. The Morgan fingerprint density at radius 1 is 0.800 bits per heavy atom. The first-order chi connectivity index (χ1) is 4.97. The van der Waals surface area contributed by atoms with Crippen LogP contribution in [0.15, 0.2) is 36.4 Å². The molecule has 2 aromatic carbocycles. The third kappa shape index (κ3) is 0.781. The lowest BCUT2D eigenvalue weighted by molar-refractivity contribution is 1.73. The summed E-state index contributed by atoms with van der Waals surface area (Å²) in [7, 11) is 0. The molecule has 0 unspecified atom stereocenters. The second kappa shape index (κ2) is 2.14. The van der Waals surface area contributed by atoms with Gasteiger partial charge in [-0.05, 0) is 0 Å². The minimum absolute atomic E-state index is 1.20. The van der Waals surface area contributed by atoms with Crippen molar-refractivity contribution in [3.63, 3.8) is 0 Å². The monoisotopic (exact) mass is 126 g/mol. The zero-order valence-corrected chi connectivity index (χ0v) is 5.46. The van der Waals surface area contributed by atoms with Crippen LogP contribution in [0, 0.1) is 12.1 Å². The summed E-state index contributed by atoms with van der Waals surface area (Å²) in [6.45, 7) is 0. The highest BCUT2D eigenvalue weighted by molar-refractivity contribution is 5.81. The average Bonchev–Trinajstić information content (AvgIpc) is 2.05. The Morgan fingerprint density at radius 3 is 1.90 bits per heavy atom. The molecule has 2 aromatic rings. The Balaban J connectivity index is 2.89. The molecule has 2 rings (SSSR count). The Kier molecular flexibility index (Phi) is 1.17. The van der Waals surface area contributed by atoms with Gasteiger partial charge >= 0.3 is 0 Å². The van der Waals surface area contributed by atoms with Crippen LogP contribution in [0.3, 0.4) is 0 Å². The number of fused-ring (bicyclic) bond motifs is 1. The van der Waals surface area contributed by atoms with E-state index in [2.05, 4.69) is 12.1 Å². The molecular weight excluding hydrogens is 120 g/mol. The molecule has 0 saturated heterocycles. The van der Waals surface area contributed by atoms with Crippen LogP contribution in [0.4, 0.5) is 0 Å². The van der Waals surface area contributed by atoms with E-state index in [9.17, 15) is 0 Å². The van der Waals surface area contributed by atoms with Crippen molar-refractivity contribution in [3.05, 3.63) is 48.5 Å². The summed E-state index contributed by atoms with van der Waals surface area (Å²) >= 11 is 0. The molecule has 0 radical (unpaired) electrons. The molecule has 0 bridgehead atoms. The van der Waals surface area contributed by atoms with Gasteiger partial charge in [0.1, 0.15) is 0 Å². The molecule has 0 aliphatic rings. The predicted octanol–water partition coefficient (Wildman–Crippen LogP) is 2.44. The van der Waals surface area contributed by atoms with Gasteiger partial charge in [-0.25, -0.2) is 0 Å². The molecule has 48 valence electrons. The van der Waals surface area contributed by atoms with Crippen molar-refractivity contribution in [2.24, 2.45) is 0 Å². The Bertz CT molecular complexity index is 271.